The van der Waals surface area contributed by atoms with Gasteiger partial charge in [-0.3, -0.25) is 0 Å². The van der Waals surface area contributed by atoms with E-state index >= 15 is 0 Å². The van der Waals surface area contributed by atoms with Crippen molar-refractivity contribution >= 4 is 28.4 Å². The summed E-state index contributed by atoms with van der Waals surface area (Å²) in [4.78, 5) is 1.18. The second kappa shape index (κ2) is 5.88. The van der Waals surface area contributed by atoms with Crippen molar-refractivity contribution in [3.63, 3.8) is 0 Å². The van der Waals surface area contributed by atoms with Gasteiger partial charge in [-0.05, 0) is 47.0 Å². The summed E-state index contributed by atoms with van der Waals surface area (Å²) in [6.07, 6.45) is 0. The lowest BCUT2D eigenvalue weighted by Gasteiger charge is -2.10. The predicted molar refractivity (Wildman–Crippen MR) is 86.4 cm³/mol. The highest BCUT2D eigenvalue weighted by atomic mass is 32.2. The minimum atomic E-state index is 0.848. The average Bonchev–Trinajstić information content (AvgIpc) is 2.53. The van der Waals surface area contributed by atoms with Gasteiger partial charge in [-0.1, -0.05) is 42.5 Å². The normalized spacial score (nSPS) is 10.4. The smallest absolute Gasteiger partial charge is 0.142 e. The third-order valence-electron chi connectivity index (χ3n) is 3.11. The summed E-state index contributed by atoms with van der Waals surface area (Å²) in [5.41, 5.74) is 0.980. The molecule has 3 rings (SSSR count). The van der Waals surface area contributed by atoms with Crippen molar-refractivity contribution < 1.29 is 4.74 Å². The van der Waals surface area contributed by atoms with E-state index in [1.165, 1.54) is 15.7 Å². The number of ether oxygens (including phenoxy) is 1. The van der Waals surface area contributed by atoms with Crippen molar-refractivity contribution in [3.8, 4) is 5.75 Å². The molecule has 0 amide bonds. The molecular formula is C17H15NOS. The van der Waals surface area contributed by atoms with Crippen LogP contribution in [0.3, 0.4) is 0 Å². The van der Waals surface area contributed by atoms with Crippen molar-refractivity contribution in [2.75, 3.05) is 11.8 Å². The zero-order chi connectivity index (χ0) is 13.8. The maximum atomic E-state index is 5.33. The molecule has 3 aromatic carbocycles. The molecule has 0 saturated carbocycles. The molecule has 0 aliphatic carbocycles. The van der Waals surface area contributed by atoms with Crippen LogP contribution in [0.15, 0.2) is 71.6 Å². The maximum Gasteiger partial charge on any atom is 0.142 e. The van der Waals surface area contributed by atoms with Crippen LogP contribution in [0.4, 0.5) is 5.69 Å². The fourth-order valence-corrected chi connectivity index (χ4v) is 2.79. The highest BCUT2D eigenvalue weighted by Gasteiger charge is 2.02. The number of hydrogen-bond donors (Lipinski definition) is 1. The van der Waals surface area contributed by atoms with E-state index in [1.54, 1.807) is 19.1 Å². The lowest BCUT2D eigenvalue weighted by Crippen LogP contribution is -1.91. The molecular weight excluding hydrogens is 266 g/mol. The van der Waals surface area contributed by atoms with Gasteiger partial charge in [0.25, 0.3) is 0 Å². The molecule has 0 saturated heterocycles. The second-order valence-corrected chi connectivity index (χ2v) is 5.29. The van der Waals surface area contributed by atoms with Crippen molar-refractivity contribution in [1.82, 2.24) is 0 Å². The van der Waals surface area contributed by atoms with E-state index < -0.39 is 0 Å². The van der Waals surface area contributed by atoms with Crippen LogP contribution < -0.4 is 9.46 Å². The van der Waals surface area contributed by atoms with Crippen LogP contribution in [0.2, 0.25) is 0 Å². The van der Waals surface area contributed by atoms with Gasteiger partial charge in [0.1, 0.15) is 5.75 Å². The molecule has 2 nitrogen and oxygen atoms in total. The van der Waals surface area contributed by atoms with Gasteiger partial charge >= 0.3 is 0 Å². The molecule has 0 radical (unpaired) electrons. The highest BCUT2D eigenvalue weighted by molar-refractivity contribution is 8.00. The van der Waals surface area contributed by atoms with E-state index in [0.717, 1.165) is 11.4 Å². The van der Waals surface area contributed by atoms with Crippen molar-refractivity contribution in [2.45, 2.75) is 4.90 Å². The summed E-state index contributed by atoms with van der Waals surface area (Å²) in [6, 6.07) is 22.7. The molecule has 20 heavy (non-hydrogen) atoms. The quantitative estimate of drug-likeness (QED) is 0.682. The van der Waals surface area contributed by atoms with Crippen LogP contribution in [0, 0.1) is 0 Å². The van der Waals surface area contributed by atoms with Gasteiger partial charge in [0, 0.05) is 4.90 Å². The molecule has 0 aliphatic rings. The SMILES string of the molecule is COc1ccccc1NSc1ccc2ccccc2c1. The molecule has 0 bridgehead atoms. The maximum absolute atomic E-state index is 5.33. The topological polar surface area (TPSA) is 21.3 Å². The average molecular weight is 281 g/mol. The summed E-state index contributed by atoms with van der Waals surface area (Å²) < 4.78 is 8.66. The molecule has 0 unspecified atom stereocenters. The lowest BCUT2D eigenvalue weighted by molar-refractivity contribution is 0.417. The van der Waals surface area contributed by atoms with E-state index in [0.29, 0.717) is 0 Å². The summed E-state index contributed by atoms with van der Waals surface area (Å²) in [7, 11) is 1.68. The van der Waals surface area contributed by atoms with Gasteiger partial charge in [-0.2, -0.15) is 0 Å². The van der Waals surface area contributed by atoms with Crippen molar-refractivity contribution in [3.05, 3.63) is 66.7 Å². The summed E-state index contributed by atoms with van der Waals surface area (Å²) in [5.74, 6) is 0.848. The molecule has 0 aromatic heterocycles. The van der Waals surface area contributed by atoms with E-state index in [9.17, 15) is 0 Å². The van der Waals surface area contributed by atoms with Crippen LogP contribution in [-0.2, 0) is 0 Å². The van der Waals surface area contributed by atoms with Crippen LogP contribution in [-0.4, -0.2) is 7.11 Å². The number of nitrogens with one attached hydrogen (secondary N) is 1. The molecule has 0 fully saturated rings. The number of methoxy groups -OCH3 is 1. The largest absolute Gasteiger partial charge is 0.495 e. The molecule has 0 aliphatic heterocycles. The molecule has 0 heterocycles. The zero-order valence-electron chi connectivity index (χ0n) is 11.2. The summed E-state index contributed by atoms with van der Waals surface area (Å²) in [6.45, 7) is 0. The molecule has 0 atom stereocenters. The minimum absolute atomic E-state index is 0.848. The zero-order valence-corrected chi connectivity index (χ0v) is 12.0. The van der Waals surface area contributed by atoms with E-state index in [1.807, 2.05) is 24.3 Å². The van der Waals surface area contributed by atoms with E-state index in [2.05, 4.69) is 47.2 Å². The second-order valence-electron chi connectivity index (χ2n) is 4.41. The number of rotatable bonds is 4. The van der Waals surface area contributed by atoms with Crippen molar-refractivity contribution in [2.24, 2.45) is 0 Å². The predicted octanol–water partition coefficient (Wildman–Crippen LogP) is 4.97. The van der Waals surface area contributed by atoms with Gasteiger partial charge < -0.3 is 9.46 Å². The number of para-hydroxylation sites is 2. The first kappa shape index (κ1) is 12.9. The molecule has 0 spiro atoms. The Kier molecular flexibility index (Phi) is 3.79. The van der Waals surface area contributed by atoms with E-state index in [4.69, 9.17) is 4.74 Å². The summed E-state index contributed by atoms with van der Waals surface area (Å²) in [5, 5.41) is 2.51. The number of anilines is 1. The Morgan fingerprint density at radius 2 is 1.60 bits per heavy atom. The van der Waals surface area contributed by atoms with Crippen LogP contribution in [0.1, 0.15) is 0 Å². The molecule has 1 N–H and O–H groups in total. The van der Waals surface area contributed by atoms with Gasteiger partial charge in [0.15, 0.2) is 0 Å². The molecule has 3 heteroatoms. The van der Waals surface area contributed by atoms with Gasteiger partial charge in [-0.15, -0.1) is 0 Å². The third-order valence-corrected chi connectivity index (χ3v) is 3.92. The number of hydrogen-bond acceptors (Lipinski definition) is 3. The standard InChI is InChI=1S/C17H15NOS/c1-19-17-9-5-4-8-16(17)18-20-15-11-10-13-6-2-3-7-14(13)12-15/h2-12,18H,1H3. The minimum Gasteiger partial charge on any atom is -0.495 e. The Balaban J connectivity index is 1.79. The molecule has 3 aromatic rings. The fourth-order valence-electron chi connectivity index (χ4n) is 2.07. The first-order chi connectivity index (χ1) is 9.86. The highest BCUT2D eigenvalue weighted by Crippen LogP contribution is 2.30. The fraction of sp³-hybridized carbons (Fsp3) is 0.0588. The van der Waals surface area contributed by atoms with Crippen LogP contribution >= 0.6 is 11.9 Å². The van der Waals surface area contributed by atoms with Gasteiger partial charge in [-0.25, -0.2) is 0 Å². The monoisotopic (exact) mass is 281 g/mol. The molecule has 100 valence electrons. The third kappa shape index (κ3) is 2.73. The van der Waals surface area contributed by atoms with E-state index in [-0.39, 0.29) is 0 Å². The van der Waals surface area contributed by atoms with Crippen LogP contribution in [0.5, 0.6) is 5.75 Å². The Hall–Kier alpha value is -2.13. The Morgan fingerprint density at radius 1 is 0.850 bits per heavy atom. The lowest BCUT2D eigenvalue weighted by atomic mass is 10.1. The first-order valence-electron chi connectivity index (χ1n) is 6.41. The first-order valence-corrected chi connectivity index (χ1v) is 7.23. The number of benzene rings is 3. The Labute approximate surface area is 122 Å². The van der Waals surface area contributed by atoms with Gasteiger partial charge in [0.2, 0.25) is 0 Å². The Bertz CT molecular complexity index is 727. The van der Waals surface area contributed by atoms with Gasteiger partial charge in [0.05, 0.1) is 12.8 Å². The summed E-state index contributed by atoms with van der Waals surface area (Å²) >= 11 is 1.59. The van der Waals surface area contributed by atoms with Crippen molar-refractivity contribution in [1.29, 1.82) is 0 Å². The van der Waals surface area contributed by atoms with Crippen LogP contribution in [0.25, 0.3) is 10.8 Å². The number of fused-ring (bicyclic) bond motifs is 1. The Morgan fingerprint density at radius 3 is 2.45 bits per heavy atom.